The minimum absolute atomic E-state index is 0.126. The van der Waals surface area contributed by atoms with E-state index in [1.54, 1.807) is 26.8 Å². The molecule has 0 radical (unpaired) electrons. The SMILES string of the molecule is CCOC(=O)c1[nH]c(COC(=O)C=Cc2nc3ccccc3s2)c(C(=O)OCC)c1C. The summed E-state index contributed by atoms with van der Waals surface area (Å²) < 4.78 is 16.4. The number of nitrogens with zero attached hydrogens (tertiary/aromatic N) is 1. The van der Waals surface area contributed by atoms with Crippen LogP contribution in [0.25, 0.3) is 16.3 Å². The number of esters is 3. The van der Waals surface area contributed by atoms with E-state index in [-0.39, 0.29) is 36.8 Å². The average Bonchev–Trinajstić information content (AvgIpc) is 3.31. The predicted molar refractivity (Wildman–Crippen MR) is 116 cm³/mol. The Morgan fingerprint density at radius 3 is 2.48 bits per heavy atom. The summed E-state index contributed by atoms with van der Waals surface area (Å²) in [5.74, 6) is -1.82. The van der Waals surface area contributed by atoms with Crippen molar-refractivity contribution in [2.75, 3.05) is 13.2 Å². The first-order chi connectivity index (χ1) is 14.9. The number of aromatic amines is 1. The lowest BCUT2D eigenvalue weighted by atomic mass is 10.1. The quantitative estimate of drug-likeness (QED) is 0.319. The number of aromatic nitrogens is 2. The largest absolute Gasteiger partial charge is 0.462 e. The highest BCUT2D eigenvalue weighted by atomic mass is 32.1. The molecule has 1 aromatic carbocycles. The van der Waals surface area contributed by atoms with Crippen molar-refractivity contribution in [1.82, 2.24) is 9.97 Å². The number of thiazole rings is 1. The van der Waals surface area contributed by atoms with Gasteiger partial charge in [-0.15, -0.1) is 11.3 Å². The van der Waals surface area contributed by atoms with Gasteiger partial charge >= 0.3 is 17.9 Å². The maximum absolute atomic E-state index is 12.4. The van der Waals surface area contributed by atoms with Crippen LogP contribution >= 0.6 is 11.3 Å². The van der Waals surface area contributed by atoms with Crippen molar-refractivity contribution in [3.63, 3.8) is 0 Å². The number of hydrogen-bond acceptors (Lipinski definition) is 8. The molecule has 8 nitrogen and oxygen atoms in total. The summed E-state index contributed by atoms with van der Waals surface area (Å²) in [5, 5.41) is 0.672. The Balaban J connectivity index is 1.74. The van der Waals surface area contributed by atoms with Crippen molar-refractivity contribution in [2.45, 2.75) is 27.4 Å². The lowest BCUT2D eigenvalue weighted by Crippen LogP contribution is -2.10. The van der Waals surface area contributed by atoms with Gasteiger partial charge in [0.05, 0.1) is 34.7 Å². The van der Waals surface area contributed by atoms with E-state index in [1.807, 2.05) is 24.3 Å². The van der Waals surface area contributed by atoms with Gasteiger partial charge in [0.2, 0.25) is 0 Å². The molecule has 0 unspecified atom stereocenters. The van der Waals surface area contributed by atoms with E-state index in [0.29, 0.717) is 10.6 Å². The molecule has 0 atom stereocenters. The number of rotatable bonds is 8. The standard InChI is InChI=1S/C22H22N2O6S/c1-4-28-21(26)19-13(3)20(22(27)29-5-2)24-15(19)12-30-18(25)11-10-17-23-14-8-6-7-9-16(14)31-17/h6-11,24H,4-5,12H2,1-3H3. The topological polar surface area (TPSA) is 108 Å². The average molecular weight is 442 g/mol. The lowest BCUT2D eigenvalue weighted by molar-refractivity contribution is -0.139. The van der Waals surface area contributed by atoms with E-state index >= 15 is 0 Å². The second kappa shape index (κ2) is 10.0. The fourth-order valence-corrected chi connectivity index (χ4v) is 3.82. The highest BCUT2D eigenvalue weighted by Gasteiger charge is 2.26. The van der Waals surface area contributed by atoms with Gasteiger partial charge in [-0.3, -0.25) is 0 Å². The Kier molecular flexibility index (Phi) is 7.19. The van der Waals surface area contributed by atoms with Gasteiger partial charge < -0.3 is 19.2 Å². The molecule has 2 heterocycles. The smallest absolute Gasteiger partial charge is 0.355 e. The third-order valence-electron chi connectivity index (χ3n) is 4.32. The summed E-state index contributed by atoms with van der Waals surface area (Å²) in [6, 6.07) is 7.67. The summed E-state index contributed by atoms with van der Waals surface area (Å²) in [5.41, 5.74) is 1.79. The monoisotopic (exact) mass is 442 g/mol. The third-order valence-corrected chi connectivity index (χ3v) is 5.32. The van der Waals surface area contributed by atoms with Crippen LogP contribution in [0.1, 0.15) is 51.0 Å². The zero-order valence-electron chi connectivity index (χ0n) is 17.4. The van der Waals surface area contributed by atoms with E-state index < -0.39 is 17.9 Å². The number of H-pyrrole nitrogens is 1. The molecule has 3 aromatic rings. The van der Waals surface area contributed by atoms with Crippen LogP contribution in [-0.4, -0.2) is 41.1 Å². The fraction of sp³-hybridized carbons (Fsp3) is 0.273. The number of benzene rings is 1. The van der Waals surface area contributed by atoms with Crippen molar-refractivity contribution in [1.29, 1.82) is 0 Å². The number of nitrogens with one attached hydrogen (secondary N) is 1. The molecule has 0 fully saturated rings. The van der Waals surface area contributed by atoms with Crippen LogP contribution < -0.4 is 0 Å². The summed E-state index contributed by atoms with van der Waals surface area (Å²) in [6.45, 7) is 5.08. The van der Waals surface area contributed by atoms with Crippen LogP contribution in [-0.2, 0) is 25.6 Å². The number of fused-ring (bicyclic) bond motifs is 1. The highest BCUT2D eigenvalue weighted by Crippen LogP contribution is 2.23. The van der Waals surface area contributed by atoms with Crippen molar-refractivity contribution < 1.29 is 28.6 Å². The first kappa shape index (κ1) is 22.2. The molecular formula is C22H22N2O6S. The first-order valence-electron chi connectivity index (χ1n) is 9.70. The Bertz CT molecular complexity index is 1110. The van der Waals surface area contributed by atoms with E-state index in [9.17, 15) is 14.4 Å². The molecular weight excluding hydrogens is 420 g/mol. The van der Waals surface area contributed by atoms with E-state index in [4.69, 9.17) is 14.2 Å². The summed E-state index contributed by atoms with van der Waals surface area (Å²) in [7, 11) is 0. The predicted octanol–water partition coefficient (Wildman–Crippen LogP) is 4.04. The third kappa shape index (κ3) is 5.18. The van der Waals surface area contributed by atoms with E-state index in [1.165, 1.54) is 17.4 Å². The van der Waals surface area contributed by atoms with Crippen molar-refractivity contribution >= 4 is 45.5 Å². The van der Waals surface area contributed by atoms with Gasteiger partial charge in [-0.05, 0) is 44.5 Å². The molecule has 0 aliphatic rings. The maximum atomic E-state index is 12.4. The van der Waals surface area contributed by atoms with E-state index in [0.717, 1.165) is 10.2 Å². The number of carbonyl (C=O) groups is 3. The summed E-state index contributed by atoms with van der Waals surface area (Å²) in [4.78, 5) is 44.0. The molecule has 3 rings (SSSR count). The maximum Gasteiger partial charge on any atom is 0.355 e. The van der Waals surface area contributed by atoms with Gasteiger partial charge in [0.1, 0.15) is 17.3 Å². The first-order valence-corrected chi connectivity index (χ1v) is 10.5. The molecule has 0 spiro atoms. The molecule has 31 heavy (non-hydrogen) atoms. The molecule has 162 valence electrons. The van der Waals surface area contributed by atoms with Crippen molar-refractivity contribution in [3.05, 3.63) is 57.9 Å². The molecule has 0 aliphatic heterocycles. The minimum Gasteiger partial charge on any atom is -0.462 e. The van der Waals surface area contributed by atoms with Crippen LogP contribution in [0.15, 0.2) is 30.3 Å². The Morgan fingerprint density at radius 1 is 1.06 bits per heavy atom. The highest BCUT2D eigenvalue weighted by molar-refractivity contribution is 7.19. The van der Waals surface area contributed by atoms with Crippen LogP contribution in [0.2, 0.25) is 0 Å². The number of hydrogen-bond donors (Lipinski definition) is 1. The van der Waals surface area contributed by atoms with E-state index in [2.05, 4.69) is 9.97 Å². The van der Waals surface area contributed by atoms with Gasteiger partial charge in [0, 0.05) is 6.08 Å². The van der Waals surface area contributed by atoms with Crippen molar-refractivity contribution in [2.24, 2.45) is 0 Å². The molecule has 0 aliphatic carbocycles. The second-order valence-electron chi connectivity index (χ2n) is 6.38. The molecule has 0 bridgehead atoms. The molecule has 9 heteroatoms. The van der Waals surface area contributed by atoms with Crippen LogP contribution in [0, 0.1) is 6.92 Å². The fourth-order valence-electron chi connectivity index (χ4n) is 2.95. The Hall–Kier alpha value is -3.46. The normalized spacial score (nSPS) is 11.1. The number of carbonyl (C=O) groups excluding carboxylic acids is 3. The Morgan fingerprint density at radius 2 is 1.77 bits per heavy atom. The number of ether oxygens (including phenoxy) is 3. The van der Waals surface area contributed by atoms with Gasteiger partial charge in [0.15, 0.2) is 0 Å². The van der Waals surface area contributed by atoms with Crippen LogP contribution in [0.4, 0.5) is 0 Å². The van der Waals surface area contributed by atoms with Gasteiger partial charge in [-0.25, -0.2) is 19.4 Å². The zero-order chi connectivity index (χ0) is 22.4. The second-order valence-corrected chi connectivity index (χ2v) is 7.44. The lowest BCUT2D eigenvalue weighted by Gasteiger charge is -2.05. The summed E-state index contributed by atoms with van der Waals surface area (Å²) >= 11 is 1.45. The van der Waals surface area contributed by atoms with Crippen LogP contribution in [0.3, 0.4) is 0 Å². The molecule has 0 saturated heterocycles. The van der Waals surface area contributed by atoms with Gasteiger partial charge in [-0.2, -0.15) is 0 Å². The summed E-state index contributed by atoms with van der Waals surface area (Å²) in [6.07, 6.45) is 2.84. The number of para-hydroxylation sites is 1. The molecule has 2 aromatic heterocycles. The zero-order valence-corrected chi connectivity index (χ0v) is 18.2. The molecule has 0 amide bonds. The van der Waals surface area contributed by atoms with Gasteiger partial charge in [-0.1, -0.05) is 12.1 Å². The molecule has 1 N–H and O–H groups in total. The Labute approximate surface area is 182 Å². The van der Waals surface area contributed by atoms with Crippen LogP contribution in [0.5, 0.6) is 0 Å². The minimum atomic E-state index is -0.612. The van der Waals surface area contributed by atoms with Gasteiger partial charge in [0.25, 0.3) is 0 Å². The van der Waals surface area contributed by atoms with Crippen molar-refractivity contribution in [3.8, 4) is 0 Å². The molecule has 0 saturated carbocycles.